The first kappa shape index (κ1) is 10.6. The van der Waals surface area contributed by atoms with Crippen LogP contribution in [0.3, 0.4) is 0 Å². The number of benzene rings is 1. The molecule has 1 rings (SSSR count). The lowest BCUT2D eigenvalue weighted by molar-refractivity contribution is 0.476. The smallest absolute Gasteiger partial charge is 0.0438 e. The largest absolute Gasteiger partial charge is 0.322 e. The highest BCUT2D eigenvalue weighted by Gasteiger charge is 2.18. The van der Waals surface area contributed by atoms with Crippen molar-refractivity contribution in [3.05, 3.63) is 34.3 Å². The molecular formula is C11H16ClN. The van der Waals surface area contributed by atoms with Crippen LogP contribution in [0, 0.1) is 6.92 Å². The molecule has 0 amide bonds. The molecule has 1 atom stereocenters. The number of halogens is 1. The molecule has 0 spiro atoms. The highest BCUT2D eigenvalue weighted by atomic mass is 35.5. The summed E-state index contributed by atoms with van der Waals surface area (Å²) >= 11 is 6.02. The van der Waals surface area contributed by atoms with E-state index in [1.807, 2.05) is 32.0 Å². The predicted octanol–water partition coefficient (Wildman–Crippen LogP) is 3.23. The third-order valence-electron chi connectivity index (χ3n) is 2.57. The minimum Gasteiger partial charge on any atom is -0.322 e. The summed E-state index contributed by atoms with van der Waals surface area (Å²) < 4.78 is 0. The van der Waals surface area contributed by atoms with Gasteiger partial charge in [0.05, 0.1) is 0 Å². The summed E-state index contributed by atoms with van der Waals surface area (Å²) in [6, 6.07) is 6.02. The van der Waals surface area contributed by atoms with Crippen molar-refractivity contribution in [3.63, 3.8) is 0 Å². The fraction of sp³-hybridized carbons (Fsp3) is 0.455. The molecule has 0 aliphatic heterocycles. The van der Waals surface area contributed by atoms with Crippen molar-refractivity contribution in [2.24, 2.45) is 5.73 Å². The van der Waals surface area contributed by atoms with Gasteiger partial charge in [0.25, 0.3) is 0 Å². The zero-order chi connectivity index (χ0) is 10.1. The summed E-state index contributed by atoms with van der Waals surface area (Å²) in [6.07, 6.45) is 0.909. The van der Waals surface area contributed by atoms with Crippen molar-refractivity contribution in [1.82, 2.24) is 0 Å². The highest BCUT2D eigenvalue weighted by Crippen LogP contribution is 2.25. The van der Waals surface area contributed by atoms with E-state index >= 15 is 0 Å². The van der Waals surface area contributed by atoms with Crippen LogP contribution in [0.25, 0.3) is 0 Å². The van der Waals surface area contributed by atoms with Gasteiger partial charge in [-0.3, -0.25) is 0 Å². The van der Waals surface area contributed by atoms with Crippen LogP contribution < -0.4 is 5.73 Å². The van der Waals surface area contributed by atoms with Gasteiger partial charge < -0.3 is 5.73 Å². The van der Waals surface area contributed by atoms with Gasteiger partial charge in [-0.05, 0) is 37.5 Å². The van der Waals surface area contributed by atoms with Crippen LogP contribution in [-0.2, 0) is 5.54 Å². The van der Waals surface area contributed by atoms with E-state index in [2.05, 4.69) is 6.92 Å². The molecule has 2 N–H and O–H groups in total. The molecule has 1 nitrogen and oxygen atoms in total. The van der Waals surface area contributed by atoms with Gasteiger partial charge in [-0.25, -0.2) is 0 Å². The summed E-state index contributed by atoms with van der Waals surface area (Å²) in [5, 5.41) is 0.794. The monoisotopic (exact) mass is 197 g/mol. The van der Waals surface area contributed by atoms with Crippen LogP contribution >= 0.6 is 11.6 Å². The van der Waals surface area contributed by atoms with Crippen LogP contribution in [0.5, 0.6) is 0 Å². The Morgan fingerprint density at radius 1 is 1.46 bits per heavy atom. The standard InChI is InChI=1S/C11H16ClN/c1-4-11(3,13)9-6-5-8(2)10(12)7-9/h5-7H,4,13H2,1-3H3. The molecule has 13 heavy (non-hydrogen) atoms. The normalized spacial score (nSPS) is 15.5. The molecule has 0 heterocycles. The minimum atomic E-state index is -0.267. The van der Waals surface area contributed by atoms with Crippen LogP contribution in [0.15, 0.2) is 18.2 Å². The number of hydrogen-bond donors (Lipinski definition) is 1. The summed E-state index contributed by atoms with van der Waals surface area (Å²) in [4.78, 5) is 0. The first-order valence-electron chi connectivity index (χ1n) is 4.53. The first-order chi connectivity index (χ1) is 5.97. The summed E-state index contributed by atoms with van der Waals surface area (Å²) in [5.41, 5.74) is 8.03. The van der Waals surface area contributed by atoms with Gasteiger partial charge in [-0.2, -0.15) is 0 Å². The van der Waals surface area contributed by atoms with E-state index in [9.17, 15) is 0 Å². The zero-order valence-corrected chi connectivity index (χ0v) is 9.15. The van der Waals surface area contributed by atoms with Crippen LogP contribution in [-0.4, -0.2) is 0 Å². The Morgan fingerprint density at radius 2 is 2.08 bits per heavy atom. The van der Waals surface area contributed by atoms with E-state index in [4.69, 9.17) is 17.3 Å². The third-order valence-corrected chi connectivity index (χ3v) is 2.97. The third kappa shape index (κ3) is 2.23. The van der Waals surface area contributed by atoms with Gasteiger partial charge in [0, 0.05) is 10.6 Å². The SMILES string of the molecule is CCC(C)(N)c1ccc(C)c(Cl)c1. The average Bonchev–Trinajstić information content (AvgIpc) is 2.09. The van der Waals surface area contributed by atoms with Crippen molar-refractivity contribution in [2.45, 2.75) is 32.7 Å². The molecule has 1 aromatic carbocycles. The van der Waals surface area contributed by atoms with Gasteiger partial charge in [0.1, 0.15) is 0 Å². The highest BCUT2D eigenvalue weighted by molar-refractivity contribution is 6.31. The van der Waals surface area contributed by atoms with E-state index in [0.717, 1.165) is 22.6 Å². The molecule has 0 bridgehead atoms. The molecule has 2 heteroatoms. The van der Waals surface area contributed by atoms with E-state index in [1.54, 1.807) is 0 Å². The lowest BCUT2D eigenvalue weighted by Crippen LogP contribution is -2.31. The van der Waals surface area contributed by atoms with Crippen molar-refractivity contribution in [2.75, 3.05) is 0 Å². The molecule has 0 radical (unpaired) electrons. The molecular weight excluding hydrogens is 182 g/mol. The Hall–Kier alpha value is -0.530. The fourth-order valence-corrected chi connectivity index (χ4v) is 1.33. The van der Waals surface area contributed by atoms with Gasteiger partial charge in [0.15, 0.2) is 0 Å². The maximum atomic E-state index is 6.10. The summed E-state index contributed by atoms with van der Waals surface area (Å²) in [5.74, 6) is 0. The van der Waals surface area contributed by atoms with Crippen LogP contribution in [0.1, 0.15) is 31.4 Å². The number of nitrogens with two attached hydrogens (primary N) is 1. The zero-order valence-electron chi connectivity index (χ0n) is 8.39. The van der Waals surface area contributed by atoms with Crippen LogP contribution in [0.2, 0.25) is 5.02 Å². The quantitative estimate of drug-likeness (QED) is 0.774. The number of rotatable bonds is 2. The van der Waals surface area contributed by atoms with E-state index < -0.39 is 0 Å². The van der Waals surface area contributed by atoms with E-state index in [-0.39, 0.29) is 5.54 Å². The van der Waals surface area contributed by atoms with E-state index in [0.29, 0.717) is 0 Å². The second-order valence-electron chi connectivity index (χ2n) is 3.73. The second-order valence-corrected chi connectivity index (χ2v) is 4.14. The number of aryl methyl sites for hydroxylation is 1. The summed E-state index contributed by atoms with van der Waals surface area (Å²) in [6.45, 7) is 6.09. The molecule has 0 aliphatic rings. The van der Waals surface area contributed by atoms with Gasteiger partial charge >= 0.3 is 0 Å². The van der Waals surface area contributed by atoms with Gasteiger partial charge in [0.2, 0.25) is 0 Å². The Kier molecular flexibility index (Phi) is 2.99. The average molecular weight is 198 g/mol. The maximum Gasteiger partial charge on any atom is 0.0438 e. The molecule has 0 saturated heterocycles. The Balaban J connectivity index is 3.10. The van der Waals surface area contributed by atoms with Crippen molar-refractivity contribution in [3.8, 4) is 0 Å². The van der Waals surface area contributed by atoms with Crippen molar-refractivity contribution in [1.29, 1.82) is 0 Å². The Bertz CT molecular complexity index is 305. The maximum absolute atomic E-state index is 6.10. The first-order valence-corrected chi connectivity index (χ1v) is 4.90. The molecule has 0 aliphatic carbocycles. The topological polar surface area (TPSA) is 26.0 Å². The van der Waals surface area contributed by atoms with Gasteiger partial charge in [-0.15, -0.1) is 0 Å². The fourth-order valence-electron chi connectivity index (χ4n) is 1.15. The molecule has 1 aromatic rings. The molecule has 1 unspecified atom stereocenters. The molecule has 0 saturated carbocycles. The van der Waals surface area contributed by atoms with Crippen molar-refractivity contribution >= 4 is 11.6 Å². The summed E-state index contributed by atoms with van der Waals surface area (Å²) in [7, 11) is 0. The van der Waals surface area contributed by atoms with Crippen LogP contribution in [0.4, 0.5) is 0 Å². The Morgan fingerprint density at radius 3 is 2.54 bits per heavy atom. The lowest BCUT2D eigenvalue weighted by Gasteiger charge is -2.23. The number of hydrogen-bond acceptors (Lipinski definition) is 1. The van der Waals surface area contributed by atoms with Gasteiger partial charge in [-0.1, -0.05) is 30.7 Å². The molecule has 0 fully saturated rings. The van der Waals surface area contributed by atoms with Crippen molar-refractivity contribution < 1.29 is 0 Å². The Labute approximate surface area is 84.9 Å². The second kappa shape index (κ2) is 3.69. The predicted molar refractivity (Wildman–Crippen MR) is 58.0 cm³/mol. The lowest BCUT2D eigenvalue weighted by atomic mass is 9.90. The molecule has 72 valence electrons. The van der Waals surface area contributed by atoms with E-state index in [1.165, 1.54) is 0 Å². The minimum absolute atomic E-state index is 0.267. The molecule has 0 aromatic heterocycles.